The zero-order valence-corrected chi connectivity index (χ0v) is 15.7. The van der Waals surface area contributed by atoms with E-state index in [1.54, 1.807) is 44.6 Å². The van der Waals surface area contributed by atoms with Gasteiger partial charge >= 0.3 is 0 Å². The normalized spacial score (nSPS) is 22.5. The van der Waals surface area contributed by atoms with E-state index < -0.39 is 16.8 Å². The fourth-order valence-electron chi connectivity index (χ4n) is 3.39. The van der Waals surface area contributed by atoms with Crippen LogP contribution in [0.15, 0.2) is 35.5 Å². The first-order valence-electron chi connectivity index (χ1n) is 8.47. The number of aliphatic imine (C=N–C) groups is 1. The molecule has 0 saturated heterocycles. The third-order valence-corrected chi connectivity index (χ3v) is 5.45. The lowest BCUT2D eigenvalue weighted by molar-refractivity contribution is -0.140. The van der Waals surface area contributed by atoms with Crippen molar-refractivity contribution in [3.05, 3.63) is 53.1 Å². The first-order chi connectivity index (χ1) is 12.1. The van der Waals surface area contributed by atoms with E-state index in [0.29, 0.717) is 12.0 Å². The van der Waals surface area contributed by atoms with E-state index in [9.17, 15) is 9.18 Å². The number of carbonyl (C=O) groups is 1. The molecule has 0 fully saturated rings. The van der Waals surface area contributed by atoms with Gasteiger partial charge in [-0.25, -0.2) is 9.38 Å². The molecular formula is C19H24FN5O. The van der Waals surface area contributed by atoms with Crippen molar-refractivity contribution in [2.24, 2.45) is 23.2 Å². The topological polar surface area (TPSA) is 76.5 Å². The van der Waals surface area contributed by atoms with Crippen LogP contribution in [-0.2, 0) is 23.8 Å². The van der Waals surface area contributed by atoms with Crippen molar-refractivity contribution in [1.29, 1.82) is 0 Å². The summed E-state index contributed by atoms with van der Waals surface area (Å²) in [5.41, 5.74) is 6.03. The average molecular weight is 357 g/mol. The molecular weight excluding hydrogens is 333 g/mol. The lowest BCUT2D eigenvalue weighted by Crippen LogP contribution is -2.58. The molecule has 1 aliphatic heterocycles. The number of guanidine groups is 1. The van der Waals surface area contributed by atoms with Crippen LogP contribution in [0.4, 0.5) is 4.39 Å². The molecule has 0 saturated carbocycles. The maximum absolute atomic E-state index is 14.8. The fraction of sp³-hybridized carbons (Fsp3) is 0.421. The molecule has 1 aromatic carbocycles. The zero-order valence-electron chi connectivity index (χ0n) is 15.7. The van der Waals surface area contributed by atoms with Crippen LogP contribution in [0.25, 0.3) is 0 Å². The molecule has 1 aromatic heterocycles. The van der Waals surface area contributed by atoms with Gasteiger partial charge in [-0.05, 0) is 38.5 Å². The number of halogens is 1. The Morgan fingerprint density at radius 3 is 2.50 bits per heavy atom. The largest absolute Gasteiger partial charge is 0.369 e. The molecule has 0 unspecified atom stereocenters. The standard InChI is InChI=1S/C19H24FN5O/c1-18(2)16(26)25(5)17(21)22-19(18,3)14-11-12(6-7-15(14)20)10-13-8-9-24(4)23-13/h6-9,11H,10H2,1-5H3,(H2,21,22)/t19-/m1/s1. The first-order valence-corrected chi connectivity index (χ1v) is 8.47. The molecule has 0 aliphatic carbocycles. The maximum atomic E-state index is 14.8. The molecule has 26 heavy (non-hydrogen) atoms. The van der Waals surface area contributed by atoms with Gasteiger partial charge in [0.15, 0.2) is 5.96 Å². The summed E-state index contributed by atoms with van der Waals surface area (Å²) < 4.78 is 16.5. The highest BCUT2D eigenvalue weighted by Crippen LogP contribution is 2.47. The Balaban J connectivity index is 2.10. The predicted molar refractivity (Wildman–Crippen MR) is 97.9 cm³/mol. The van der Waals surface area contributed by atoms with E-state index in [0.717, 1.165) is 11.3 Å². The van der Waals surface area contributed by atoms with Gasteiger partial charge in [0.25, 0.3) is 0 Å². The van der Waals surface area contributed by atoms with Gasteiger partial charge in [-0.1, -0.05) is 12.1 Å². The number of carbonyl (C=O) groups excluding carboxylic acids is 1. The molecule has 1 amide bonds. The van der Waals surface area contributed by atoms with Crippen LogP contribution < -0.4 is 5.73 Å². The fourth-order valence-corrected chi connectivity index (χ4v) is 3.39. The molecule has 1 aliphatic rings. The Bertz CT molecular complexity index is 901. The Hall–Kier alpha value is -2.70. The highest BCUT2D eigenvalue weighted by atomic mass is 19.1. The number of aromatic nitrogens is 2. The average Bonchev–Trinajstić information content (AvgIpc) is 2.98. The number of benzene rings is 1. The summed E-state index contributed by atoms with van der Waals surface area (Å²) in [6.45, 7) is 5.30. The van der Waals surface area contributed by atoms with Crippen molar-refractivity contribution in [3.63, 3.8) is 0 Å². The van der Waals surface area contributed by atoms with Crippen LogP contribution in [0.5, 0.6) is 0 Å². The van der Waals surface area contributed by atoms with Gasteiger partial charge in [0.05, 0.1) is 11.1 Å². The molecule has 7 heteroatoms. The van der Waals surface area contributed by atoms with Crippen LogP contribution in [0.2, 0.25) is 0 Å². The second-order valence-corrected chi connectivity index (χ2v) is 7.50. The van der Waals surface area contributed by atoms with E-state index >= 15 is 0 Å². The summed E-state index contributed by atoms with van der Waals surface area (Å²) in [5.74, 6) is -0.507. The van der Waals surface area contributed by atoms with Crippen LogP contribution in [0, 0.1) is 11.2 Å². The van der Waals surface area contributed by atoms with Gasteiger partial charge < -0.3 is 5.73 Å². The third-order valence-electron chi connectivity index (χ3n) is 5.45. The zero-order chi connectivity index (χ0) is 19.3. The van der Waals surface area contributed by atoms with Crippen molar-refractivity contribution < 1.29 is 9.18 Å². The third kappa shape index (κ3) is 2.67. The molecule has 0 bridgehead atoms. The molecule has 0 radical (unpaired) electrons. The van der Waals surface area contributed by atoms with Crippen molar-refractivity contribution >= 4 is 11.9 Å². The quantitative estimate of drug-likeness (QED) is 0.915. The molecule has 2 N–H and O–H groups in total. The van der Waals surface area contributed by atoms with Gasteiger partial charge in [-0.15, -0.1) is 0 Å². The minimum atomic E-state index is -1.11. The second-order valence-electron chi connectivity index (χ2n) is 7.50. The second kappa shape index (κ2) is 5.93. The van der Waals surface area contributed by atoms with Crippen molar-refractivity contribution in [1.82, 2.24) is 14.7 Å². The minimum absolute atomic E-state index is 0.0892. The van der Waals surface area contributed by atoms with E-state index in [1.807, 2.05) is 19.3 Å². The van der Waals surface area contributed by atoms with Gasteiger partial charge in [-0.2, -0.15) is 5.10 Å². The van der Waals surface area contributed by atoms with Crippen LogP contribution >= 0.6 is 0 Å². The Kier molecular flexibility index (Phi) is 4.13. The Morgan fingerprint density at radius 2 is 1.88 bits per heavy atom. The van der Waals surface area contributed by atoms with Crippen LogP contribution in [0.3, 0.4) is 0 Å². The summed E-state index contributed by atoms with van der Waals surface area (Å²) in [7, 11) is 3.43. The van der Waals surface area contributed by atoms with Gasteiger partial charge in [0, 0.05) is 32.3 Å². The molecule has 2 heterocycles. The van der Waals surface area contributed by atoms with Crippen LogP contribution in [0.1, 0.15) is 37.6 Å². The number of rotatable bonds is 3. The molecule has 6 nitrogen and oxygen atoms in total. The number of aryl methyl sites for hydroxylation is 1. The van der Waals surface area contributed by atoms with E-state index in [1.165, 1.54) is 11.0 Å². The smallest absolute Gasteiger partial charge is 0.237 e. The summed E-state index contributed by atoms with van der Waals surface area (Å²) in [6.07, 6.45) is 2.43. The van der Waals surface area contributed by atoms with Crippen molar-refractivity contribution in [3.8, 4) is 0 Å². The highest BCUT2D eigenvalue weighted by molar-refractivity contribution is 6.01. The lowest BCUT2D eigenvalue weighted by Gasteiger charge is -2.46. The summed E-state index contributed by atoms with van der Waals surface area (Å²) in [6, 6.07) is 6.84. The molecule has 1 atom stereocenters. The molecule has 0 spiro atoms. The van der Waals surface area contributed by atoms with Crippen LogP contribution in [-0.4, -0.2) is 33.6 Å². The van der Waals surface area contributed by atoms with Crippen molar-refractivity contribution in [2.75, 3.05) is 7.05 Å². The lowest BCUT2D eigenvalue weighted by atomic mass is 9.67. The first kappa shape index (κ1) is 18.1. The van der Waals surface area contributed by atoms with E-state index in [2.05, 4.69) is 10.1 Å². The number of nitrogens with two attached hydrogens (primary N) is 1. The number of hydrogen-bond donors (Lipinski definition) is 1. The number of amides is 1. The van der Waals surface area contributed by atoms with E-state index in [4.69, 9.17) is 5.73 Å². The molecule has 3 rings (SSSR count). The van der Waals surface area contributed by atoms with Gasteiger partial charge in [0.1, 0.15) is 11.4 Å². The van der Waals surface area contributed by atoms with Gasteiger partial charge in [-0.3, -0.25) is 14.4 Å². The van der Waals surface area contributed by atoms with Crippen molar-refractivity contribution in [2.45, 2.75) is 32.7 Å². The Morgan fingerprint density at radius 1 is 1.19 bits per heavy atom. The van der Waals surface area contributed by atoms with Gasteiger partial charge in [0.2, 0.25) is 5.91 Å². The SMILES string of the molecule is CN1C(=O)C(C)(C)[C@@](C)(c2cc(Cc3ccn(C)n3)ccc2F)N=C1N. The number of nitrogens with zero attached hydrogens (tertiary/aromatic N) is 4. The highest BCUT2D eigenvalue weighted by Gasteiger charge is 2.53. The minimum Gasteiger partial charge on any atom is -0.369 e. The maximum Gasteiger partial charge on any atom is 0.237 e. The Labute approximate surface area is 152 Å². The molecule has 2 aromatic rings. The predicted octanol–water partition coefficient (Wildman–Crippen LogP) is 2.18. The summed E-state index contributed by atoms with van der Waals surface area (Å²) in [4.78, 5) is 18.6. The molecule has 138 valence electrons. The summed E-state index contributed by atoms with van der Waals surface area (Å²) in [5, 5.41) is 4.37. The monoisotopic (exact) mass is 357 g/mol. The summed E-state index contributed by atoms with van der Waals surface area (Å²) >= 11 is 0. The number of hydrogen-bond acceptors (Lipinski definition) is 4. The van der Waals surface area contributed by atoms with E-state index in [-0.39, 0.29) is 11.9 Å².